The number of rotatable bonds is 6. The Morgan fingerprint density at radius 2 is 2.18 bits per heavy atom. The molecule has 0 unspecified atom stereocenters. The van der Waals surface area contributed by atoms with Gasteiger partial charge >= 0.3 is 0 Å². The van der Waals surface area contributed by atoms with Gasteiger partial charge in [-0.2, -0.15) is 0 Å². The number of thiophene rings is 1. The van der Waals surface area contributed by atoms with Crippen LogP contribution >= 0.6 is 22.7 Å². The summed E-state index contributed by atoms with van der Waals surface area (Å²) < 4.78 is 0. The maximum Gasteiger partial charge on any atom is 0.225 e. The van der Waals surface area contributed by atoms with Crippen molar-refractivity contribution in [1.82, 2.24) is 10.3 Å². The highest BCUT2D eigenvalue weighted by molar-refractivity contribution is 7.17. The third-order valence-corrected chi connectivity index (χ3v) is 4.83. The van der Waals surface area contributed by atoms with E-state index >= 15 is 0 Å². The molecule has 0 spiro atoms. The van der Waals surface area contributed by atoms with Crippen LogP contribution in [0.5, 0.6) is 0 Å². The average Bonchev–Trinajstić information content (AvgIpc) is 3.10. The smallest absolute Gasteiger partial charge is 0.225 e. The van der Waals surface area contributed by atoms with E-state index in [1.165, 1.54) is 0 Å². The van der Waals surface area contributed by atoms with E-state index in [1.807, 2.05) is 38.3 Å². The van der Waals surface area contributed by atoms with E-state index < -0.39 is 0 Å². The van der Waals surface area contributed by atoms with Crippen LogP contribution in [0.3, 0.4) is 0 Å². The van der Waals surface area contributed by atoms with Crippen molar-refractivity contribution in [2.24, 2.45) is 5.41 Å². The highest BCUT2D eigenvalue weighted by Gasteiger charge is 2.20. The molecule has 2 aromatic heterocycles. The second-order valence-electron chi connectivity index (χ2n) is 5.91. The summed E-state index contributed by atoms with van der Waals surface area (Å²) in [5.74, 6) is 0.0621. The minimum Gasteiger partial charge on any atom is -0.358 e. The number of carbonyl (C=O) groups excluding carboxylic acids is 1. The molecule has 0 saturated heterocycles. The van der Waals surface area contributed by atoms with Gasteiger partial charge in [0.05, 0.1) is 17.1 Å². The van der Waals surface area contributed by atoms with Gasteiger partial charge in [-0.25, -0.2) is 4.98 Å². The Morgan fingerprint density at radius 3 is 2.86 bits per heavy atom. The first kappa shape index (κ1) is 16.7. The van der Waals surface area contributed by atoms with Crippen LogP contribution < -0.4 is 10.6 Å². The number of anilines is 1. The summed E-state index contributed by atoms with van der Waals surface area (Å²) in [5.41, 5.74) is 0.607. The minimum atomic E-state index is -0.360. The zero-order chi connectivity index (χ0) is 16.2. The molecule has 2 rings (SSSR count). The minimum absolute atomic E-state index is 0.0621. The van der Waals surface area contributed by atoms with Crippen LogP contribution in [0.2, 0.25) is 0 Å². The summed E-state index contributed by atoms with van der Waals surface area (Å²) >= 11 is 3.24. The van der Waals surface area contributed by atoms with Gasteiger partial charge in [0.2, 0.25) is 5.91 Å². The molecule has 0 radical (unpaired) electrons. The zero-order valence-corrected chi connectivity index (χ0v) is 14.7. The Bertz CT molecular complexity index is 652. The van der Waals surface area contributed by atoms with E-state index in [0.29, 0.717) is 13.1 Å². The van der Waals surface area contributed by atoms with Crippen LogP contribution in [0.4, 0.5) is 5.13 Å². The lowest BCUT2D eigenvalue weighted by Gasteiger charge is -2.17. The van der Waals surface area contributed by atoms with Gasteiger partial charge in [0.25, 0.3) is 0 Å². The quantitative estimate of drug-likeness (QED) is 0.780. The molecule has 1 amide bonds. The van der Waals surface area contributed by atoms with Crippen LogP contribution in [0, 0.1) is 5.41 Å². The van der Waals surface area contributed by atoms with E-state index in [1.54, 1.807) is 22.7 Å². The molecule has 118 valence electrons. The summed E-state index contributed by atoms with van der Waals surface area (Å²) in [6.07, 6.45) is 1.81. The number of nitrogens with zero attached hydrogens (tertiary/aromatic N) is 1. The van der Waals surface area contributed by atoms with Crippen molar-refractivity contribution in [3.8, 4) is 10.6 Å². The predicted octanol–water partition coefficient (Wildman–Crippen LogP) is 4.13. The molecule has 2 heterocycles. The summed E-state index contributed by atoms with van der Waals surface area (Å²) in [7, 11) is 0. The number of aromatic nitrogens is 1. The number of thiazole rings is 1. The fourth-order valence-corrected chi connectivity index (χ4v) is 3.37. The molecular formula is C16H21N3OS2. The second kappa shape index (κ2) is 7.07. The lowest BCUT2D eigenvalue weighted by atomic mass is 9.96. The average molecular weight is 335 g/mol. The van der Waals surface area contributed by atoms with Gasteiger partial charge in [0.15, 0.2) is 5.13 Å². The normalized spacial score (nSPS) is 11.2. The molecule has 0 aliphatic rings. The van der Waals surface area contributed by atoms with Crippen molar-refractivity contribution in [3.63, 3.8) is 0 Å². The summed E-state index contributed by atoms with van der Waals surface area (Å²) in [6, 6.07) is 4.09. The van der Waals surface area contributed by atoms with Gasteiger partial charge in [-0.15, -0.1) is 29.3 Å². The Hall–Kier alpha value is -1.66. The molecular weight excluding hydrogens is 314 g/mol. The van der Waals surface area contributed by atoms with Crippen LogP contribution in [0.25, 0.3) is 10.6 Å². The fourth-order valence-electron chi connectivity index (χ4n) is 1.67. The molecule has 0 fully saturated rings. The fraction of sp³-hybridized carbons (Fsp3) is 0.375. The summed E-state index contributed by atoms with van der Waals surface area (Å²) in [4.78, 5) is 18.7. The van der Waals surface area contributed by atoms with Crippen LogP contribution in [-0.2, 0) is 11.3 Å². The molecule has 4 nitrogen and oxygen atoms in total. The van der Waals surface area contributed by atoms with Gasteiger partial charge in [-0.05, 0) is 12.1 Å². The van der Waals surface area contributed by atoms with Gasteiger partial charge < -0.3 is 10.6 Å². The van der Waals surface area contributed by atoms with Gasteiger partial charge in [0.1, 0.15) is 0 Å². The lowest BCUT2D eigenvalue weighted by molar-refractivity contribution is -0.128. The molecule has 6 heteroatoms. The standard InChI is InChI=1S/C16H21N3OS2/c1-5-8-17-15-19-12(10-21-15)13-7-6-11(22-13)9-18-14(20)16(2,3)4/h5-7,10H,1,8-9H2,2-4H3,(H,17,19)(H,18,20). The molecule has 22 heavy (non-hydrogen) atoms. The van der Waals surface area contributed by atoms with E-state index in [4.69, 9.17) is 0 Å². The molecule has 0 aromatic carbocycles. The largest absolute Gasteiger partial charge is 0.358 e. The van der Waals surface area contributed by atoms with Crippen molar-refractivity contribution >= 4 is 33.7 Å². The topological polar surface area (TPSA) is 54.0 Å². The van der Waals surface area contributed by atoms with Crippen LogP contribution in [0.1, 0.15) is 25.6 Å². The Morgan fingerprint density at radius 1 is 1.41 bits per heavy atom. The molecule has 0 atom stereocenters. The number of hydrogen-bond acceptors (Lipinski definition) is 5. The predicted molar refractivity (Wildman–Crippen MR) is 95.4 cm³/mol. The maximum absolute atomic E-state index is 11.9. The first-order chi connectivity index (χ1) is 10.4. The van der Waals surface area contributed by atoms with Crippen molar-refractivity contribution in [3.05, 3.63) is 35.0 Å². The van der Waals surface area contributed by atoms with Crippen LogP contribution in [-0.4, -0.2) is 17.4 Å². The molecule has 0 bridgehead atoms. The van der Waals surface area contributed by atoms with Crippen molar-refractivity contribution < 1.29 is 4.79 Å². The maximum atomic E-state index is 11.9. The number of carbonyl (C=O) groups is 1. The Kier molecular flexibility index (Phi) is 5.37. The second-order valence-corrected chi connectivity index (χ2v) is 7.93. The van der Waals surface area contributed by atoms with E-state index in [-0.39, 0.29) is 11.3 Å². The third-order valence-electron chi connectivity index (χ3n) is 2.92. The lowest BCUT2D eigenvalue weighted by Crippen LogP contribution is -2.34. The number of amides is 1. The van der Waals surface area contributed by atoms with Gasteiger partial charge in [-0.3, -0.25) is 4.79 Å². The monoisotopic (exact) mass is 335 g/mol. The van der Waals surface area contributed by atoms with Gasteiger partial charge in [0, 0.05) is 22.2 Å². The molecule has 0 saturated carbocycles. The van der Waals surface area contributed by atoms with Crippen molar-refractivity contribution in [2.75, 3.05) is 11.9 Å². The molecule has 2 N–H and O–H groups in total. The van der Waals surface area contributed by atoms with E-state index in [2.05, 4.69) is 28.3 Å². The van der Waals surface area contributed by atoms with E-state index in [0.717, 1.165) is 20.6 Å². The first-order valence-corrected chi connectivity index (χ1v) is 8.77. The Labute approximate surface area is 139 Å². The summed E-state index contributed by atoms with van der Waals surface area (Å²) in [5, 5.41) is 9.08. The highest BCUT2D eigenvalue weighted by atomic mass is 32.1. The molecule has 0 aliphatic heterocycles. The van der Waals surface area contributed by atoms with Crippen LogP contribution in [0.15, 0.2) is 30.2 Å². The van der Waals surface area contributed by atoms with Crippen molar-refractivity contribution in [1.29, 1.82) is 0 Å². The molecule has 2 aromatic rings. The first-order valence-electron chi connectivity index (χ1n) is 7.08. The van der Waals surface area contributed by atoms with Gasteiger partial charge in [-0.1, -0.05) is 26.8 Å². The zero-order valence-electron chi connectivity index (χ0n) is 13.1. The number of nitrogens with one attached hydrogen (secondary N) is 2. The van der Waals surface area contributed by atoms with Crippen molar-refractivity contribution in [2.45, 2.75) is 27.3 Å². The third kappa shape index (κ3) is 4.42. The highest BCUT2D eigenvalue weighted by Crippen LogP contribution is 2.30. The SMILES string of the molecule is C=CCNc1nc(-c2ccc(CNC(=O)C(C)(C)C)s2)cs1. The number of hydrogen-bond donors (Lipinski definition) is 2. The van der Waals surface area contributed by atoms with E-state index in [9.17, 15) is 4.79 Å². The summed E-state index contributed by atoms with van der Waals surface area (Å²) in [6.45, 7) is 10.7. The Balaban J connectivity index is 1.98. The molecule has 0 aliphatic carbocycles.